The second kappa shape index (κ2) is 5.64. The summed E-state index contributed by atoms with van der Waals surface area (Å²) in [5.41, 5.74) is 0.676. The molecular weight excluding hydrogens is 250 g/mol. The number of methoxy groups -OCH3 is 1. The molecule has 2 N–H and O–H groups in total. The van der Waals surface area contributed by atoms with Gasteiger partial charge in [0.15, 0.2) is 5.75 Å². The van der Waals surface area contributed by atoms with E-state index in [0.717, 1.165) is 22.0 Å². The number of benzene rings is 1. The van der Waals surface area contributed by atoms with Crippen LogP contribution in [-0.4, -0.2) is 17.2 Å². The van der Waals surface area contributed by atoms with E-state index in [0.29, 0.717) is 0 Å². The molecule has 1 aromatic heterocycles. The first-order valence-electron chi connectivity index (χ1n) is 5.36. The van der Waals surface area contributed by atoms with Crippen LogP contribution in [0, 0.1) is 0 Å². The molecule has 0 radical (unpaired) electrons. The highest BCUT2D eigenvalue weighted by Crippen LogP contribution is 2.24. The standard InChI is InChI=1S/C13H13NO3S/c1-17-10-4-2-9(3-5-10)8-18-11-6-12(15)13(16)14-7-11/h2-7,15H,8H2,1H3,(H,14,16). The summed E-state index contributed by atoms with van der Waals surface area (Å²) in [6.07, 6.45) is 1.59. The predicted molar refractivity (Wildman–Crippen MR) is 71.3 cm³/mol. The van der Waals surface area contributed by atoms with Gasteiger partial charge in [0.25, 0.3) is 5.56 Å². The number of pyridine rings is 1. The van der Waals surface area contributed by atoms with E-state index in [1.54, 1.807) is 13.3 Å². The van der Waals surface area contributed by atoms with Crippen LogP contribution in [0.4, 0.5) is 0 Å². The summed E-state index contributed by atoms with van der Waals surface area (Å²) in [7, 11) is 1.63. The Labute approximate surface area is 109 Å². The Kier molecular flexibility index (Phi) is 3.94. The van der Waals surface area contributed by atoms with Crippen LogP contribution in [0.5, 0.6) is 11.5 Å². The number of thioether (sulfide) groups is 1. The van der Waals surface area contributed by atoms with Crippen molar-refractivity contribution in [1.29, 1.82) is 0 Å². The number of H-pyrrole nitrogens is 1. The van der Waals surface area contributed by atoms with Crippen molar-refractivity contribution in [3.8, 4) is 11.5 Å². The molecule has 0 fully saturated rings. The monoisotopic (exact) mass is 263 g/mol. The Morgan fingerprint density at radius 1 is 1.33 bits per heavy atom. The molecule has 0 bridgehead atoms. The summed E-state index contributed by atoms with van der Waals surface area (Å²) in [5, 5.41) is 9.29. The van der Waals surface area contributed by atoms with E-state index >= 15 is 0 Å². The van der Waals surface area contributed by atoms with Crippen LogP contribution in [0.15, 0.2) is 46.2 Å². The van der Waals surface area contributed by atoms with Gasteiger partial charge in [0.2, 0.25) is 0 Å². The van der Waals surface area contributed by atoms with Crippen molar-refractivity contribution in [3.05, 3.63) is 52.4 Å². The third kappa shape index (κ3) is 3.07. The minimum absolute atomic E-state index is 0.255. The van der Waals surface area contributed by atoms with E-state index in [-0.39, 0.29) is 5.75 Å². The molecule has 2 aromatic rings. The molecule has 0 amide bonds. The average molecular weight is 263 g/mol. The zero-order valence-electron chi connectivity index (χ0n) is 9.84. The Hall–Kier alpha value is -1.88. The van der Waals surface area contributed by atoms with Gasteiger partial charge in [-0.05, 0) is 17.7 Å². The lowest BCUT2D eigenvalue weighted by Crippen LogP contribution is -2.03. The fourth-order valence-corrected chi connectivity index (χ4v) is 2.29. The second-order valence-corrected chi connectivity index (χ2v) is 4.74. The number of rotatable bonds is 4. The quantitative estimate of drug-likeness (QED) is 0.831. The zero-order chi connectivity index (χ0) is 13.0. The van der Waals surface area contributed by atoms with Crippen LogP contribution in [-0.2, 0) is 5.75 Å². The predicted octanol–water partition coefficient (Wildman–Crippen LogP) is 2.38. The van der Waals surface area contributed by atoms with Gasteiger partial charge in [-0.15, -0.1) is 11.8 Å². The largest absolute Gasteiger partial charge is 0.503 e. The third-order valence-electron chi connectivity index (χ3n) is 2.42. The van der Waals surface area contributed by atoms with Crippen LogP contribution in [0.2, 0.25) is 0 Å². The highest BCUT2D eigenvalue weighted by molar-refractivity contribution is 7.98. The molecule has 18 heavy (non-hydrogen) atoms. The Bertz CT molecular complexity index is 578. The number of hydrogen-bond acceptors (Lipinski definition) is 4. The highest BCUT2D eigenvalue weighted by atomic mass is 32.2. The van der Waals surface area contributed by atoms with Gasteiger partial charge in [0.1, 0.15) is 5.75 Å². The summed E-state index contributed by atoms with van der Waals surface area (Å²) in [6, 6.07) is 9.24. The molecule has 94 valence electrons. The zero-order valence-corrected chi connectivity index (χ0v) is 10.7. The van der Waals surface area contributed by atoms with Gasteiger partial charge in [0, 0.05) is 22.9 Å². The van der Waals surface area contributed by atoms with Crippen molar-refractivity contribution in [3.63, 3.8) is 0 Å². The first-order chi connectivity index (χ1) is 8.69. The number of nitrogens with one attached hydrogen (secondary N) is 1. The lowest BCUT2D eigenvalue weighted by molar-refractivity contribution is 0.414. The second-order valence-electron chi connectivity index (χ2n) is 3.69. The Morgan fingerprint density at radius 2 is 2.06 bits per heavy atom. The molecular formula is C13H13NO3S. The molecule has 0 atom stereocenters. The molecule has 0 unspecified atom stereocenters. The number of ether oxygens (including phenoxy) is 1. The van der Waals surface area contributed by atoms with Gasteiger partial charge in [-0.25, -0.2) is 0 Å². The fraction of sp³-hybridized carbons (Fsp3) is 0.154. The maximum atomic E-state index is 11.0. The number of aromatic nitrogens is 1. The third-order valence-corrected chi connectivity index (χ3v) is 3.47. The van der Waals surface area contributed by atoms with E-state index < -0.39 is 5.56 Å². The normalized spacial score (nSPS) is 10.3. The van der Waals surface area contributed by atoms with E-state index in [1.807, 2.05) is 24.3 Å². The Morgan fingerprint density at radius 3 is 2.67 bits per heavy atom. The lowest BCUT2D eigenvalue weighted by Gasteiger charge is -2.04. The van der Waals surface area contributed by atoms with E-state index in [2.05, 4.69) is 4.98 Å². The maximum absolute atomic E-state index is 11.0. The van der Waals surface area contributed by atoms with Crippen LogP contribution in [0.3, 0.4) is 0 Å². The highest BCUT2D eigenvalue weighted by Gasteiger charge is 2.01. The topological polar surface area (TPSA) is 62.3 Å². The van der Waals surface area contributed by atoms with Gasteiger partial charge < -0.3 is 14.8 Å². The first kappa shape index (κ1) is 12.6. The Balaban J connectivity index is 2.01. The van der Waals surface area contributed by atoms with Gasteiger partial charge >= 0.3 is 0 Å². The molecule has 0 aliphatic carbocycles. The van der Waals surface area contributed by atoms with Gasteiger partial charge in [-0.1, -0.05) is 12.1 Å². The molecule has 1 aromatic carbocycles. The summed E-state index contributed by atoms with van der Waals surface area (Å²) in [5.74, 6) is 1.33. The van der Waals surface area contributed by atoms with Gasteiger partial charge in [0.05, 0.1) is 7.11 Å². The maximum Gasteiger partial charge on any atom is 0.290 e. The molecule has 0 aliphatic heterocycles. The van der Waals surface area contributed by atoms with Crippen LogP contribution < -0.4 is 10.3 Å². The minimum atomic E-state index is -0.469. The van der Waals surface area contributed by atoms with Crippen molar-refractivity contribution in [2.45, 2.75) is 10.6 Å². The first-order valence-corrected chi connectivity index (χ1v) is 6.35. The number of hydrogen-bond donors (Lipinski definition) is 2. The molecule has 0 saturated carbocycles. The van der Waals surface area contributed by atoms with Crippen LogP contribution in [0.1, 0.15) is 5.56 Å². The van der Waals surface area contributed by atoms with Crippen LogP contribution >= 0.6 is 11.8 Å². The fourth-order valence-electron chi connectivity index (χ4n) is 1.42. The number of aromatic hydroxyl groups is 1. The molecule has 0 aliphatic rings. The summed E-state index contributed by atoms with van der Waals surface area (Å²) < 4.78 is 5.08. The molecule has 4 nitrogen and oxygen atoms in total. The molecule has 0 spiro atoms. The molecule has 2 rings (SSSR count). The van der Waals surface area contributed by atoms with Gasteiger partial charge in [-0.3, -0.25) is 4.79 Å². The molecule has 5 heteroatoms. The minimum Gasteiger partial charge on any atom is -0.503 e. The molecule has 0 saturated heterocycles. The van der Waals surface area contributed by atoms with E-state index in [1.165, 1.54) is 17.8 Å². The summed E-state index contributed by atoms with van der Waals surface area (Å²) in [6.45, 7) is 0. The SMILES string of the molecule is COc1ccc(CSc2c[nH]c(=O)c(O)c2)cc1. The van der Waals surface area contributed by atoms with Crippen molar-refractivity contribution in [2.75, 3.05) is 7.11 Å². The smallest absolute Gasteiger partial charge is 0.290 e. The van der Waals surface area contributed by atoms with Gasteiger partial charge in [-0.2, -0.15) is 0 Å². The van der Waals surface area contributed by atoms with Crippen LogP contribution in [0.25, 0.3) is 0 Å². The summed E-state index contributed by atoms with van der Waals surface area (Å²) in [4.78, 5) is 14.3. The lowest BCUT2D eigenvalue weighted by atomic mass is 10.2. The van der Waals surface area contributed by atoms with Crippen molar-refractivity contribution in [1.82, 2.24) is 4.98 Å². The van der Waals surface area contributed by atoms with Crippen molar-refractivity contribution < 1.29 is 9.84 Å². The number of aromatic amines is 1. The van der Waals surface area contributed by atoms with Crippen molar-refractivity contribution in [2.24, 2.45) is 0 Å². The van der Waals surface area contributed by atoms with E-state index in [9.17, 15) is 9.90 Å². The van der Waals surface area contributed by atoms with E-state index in [4.69, 9.17) is 4.74 Å². The summed E-state index contributed by atoms with van der Waals surface area (Å²) >= 11 is 1.54. The van der Waals surface area contributed by atoms with Crippen molar-refractivity contribution >= 4 is 11.8 Å². The molecule has 1 heterocycles. The average Bonchev–Trinajstić information content (AvgIpc) is 2.41.